The summed E-state index contributed by atoms with van der Waals surface area (Å²) < 4.78 is 35.0. The van der Waals surface area contributed by atoms with Crippen LogP contribution in [0, 0.1) is 5.92 Å². The minimum Gasteiger partial charge on any atom is -0.346 e. The number of rotatable bonds is 2. The smallest absolute Gasteiger partial charge is 0.346 e. The fraction of sp³-hybridized carbons (Fsp3) is 0.889. The number of carbonyl (C=O) groups is 1. The summed E-state index contributed by atoms with van der Waals surface area (Å²) in [5.74, 6) is -1.88. The Morgan fingerprint density at radius 1 is 1.14 bits per heavy atom. The summed E-state index contributed by atoms with van der Waals surface area (Å²) in [6.07, 6.45) is -4.77. The highest BCUT2D eigenvalue weighted by Gasteiger charge is 2.39. The van der Waals surface area contributed by atoms with Crippen LogP contribution in [0.4, 0.5) is 13.2 Å². The quantitative estimate of drug-likeness (QED) is 0.750. The van der Waals surface area contributed by atoms with Gasteiger partial charge >= 0.3 is 12.1 Å². The molecule has 0 fully saturated rings. The van der Waals surface area contributed by atoms with Crippen LogP contribution in [0.15, 0.2) is 0 Å². The topological polar surface area (TPSA) is 29.1 Å². The maximum atomic E-state index is 11.7. The predicted octanol–water partition coefficient (Wildman–Crippen LogP) is 2.74. The monoisotopic (exact) mass is 213 g/mol. The Bertz CT molecular complexity index is 166. The first-order valence-electron chi connectivity index (χ1n) is 4.63. The van der Waals surface area contributed by atoms with Gasteiger partial charge in [0.15, 0.2) is 0 Å². The van der Waals surface area contributed by atoms with Crippen LogP contribution in [0.25, 0.3) is 0 Å². The molecule has 0 saturated heterocycles. The summed E-state index contributed by atoms with van der Waals surface area (Å²) in [5.41, 5.74) is 0. The van der Waals surface area contributed by atoms with Gasteiger partial charge in [-0.25, -0.2) is 0 Å². The average Bonchev–Trinajstić information content (AvgIpc) is 2.06. The zero-order valence-corrected chi connectivity index (χ0v) is 9.20. The second-order valence-electron chi connectivity index (χ2n) is 3.00. The van der Waals surface area contributed by atoms with E-state index in [1.54, 1.807) is 13.8 Å². The van der Waals surface area contributed by atoms with Gasteiger partial charge in [-0.15, -0.1) is 0 Å². The van der Waals surface area contributed by atoms with E-state index in [-0.39, 0.29) is 5.92 Å². The van der Waals surface area contributed by atoms with Crippen molar-refractivity contribution >= 4 is 5.91 Å². The van der Waals surface area contributed by atoms with E-state index in [9.17, 15) is 18.0 Å². The molecule has 0 heterocycles. The Hall–Kier alpha value is -0.740. The Balaban J connectivity index is 0. The third kappa shape index (κ3) is 6.74. The van der Waals surface area contributed by atoms with Crippen LogP contribution < -0.4 is 5.32 Å². The van der Waals surface area contributed by atoms with Gasteiger partial charge in [0.05, 0.1) is 0 Å². The van der Waals surface area contributed by atoms with Crippen LogP contribution in [-0.2, 0) is 4.79 Å². The van der Waals surface area contributed by atoms with E-state index < -0.39 is 18.1 Å². The molecule has 0 aliphatic rings. The summed E-state index contributed by atoms with van der Waals surface area (Å²) in [5, 5.41) is 1.86. The standard InChI is InChI=1S/C7H12F3NO.C2H6/c1-4(2)5(3)11-6(12)7(8,9)10;1-2/h4-5H,1-3H3,(H,11,12);1-2H3. The highest BCUT2D eigenvalue weighted by molar-refractivity contribution is 5.81. The van der Waals surface area contributed by atoms with Gasteiger partial charge in [0.2, 0.25) is 0 Å². The van der Waals surface area contributed by atoms with E-state index in [0.717, 1.165) is 0 Å². The van der Waals surface area contributed by atoms with Gasteiger partial charge in [0.1, 0.15) is 0 Å². The molecule has 0 aliphatic heterocycles. The largest absolute Gasteiger partial charge is 0.471 e. The molecule has 1 amide bonds. The van der Waals surface area contributed by atoms with Crippen LogP contribution in [0.5, 0.6) is 0 Å². The van der Waals surface area contributed by atoms with E-state index in [1.807, 2.05) is 19.2 Å². The molecule has 0 aromatic carbocycles. The lowest BCUT2D eigenvalue weighted by Gasteiger charge is -2.18. The Morgan fingerprint density at radius 3 is 1.71 bits per heavy atom. The first-order valence-corrected chi connectivity index (χ1v) is 4.63. The molecule has 0 bridgehead atoms. The van der Waals surface area contributed by atoms with Gasteiger partial charge in [-0.2, -0.15) is 13.2 Å². The van der Waals surface area contributed by atoms with Gasteiger partial charge in [-0.3, -0.25) is 4.79 Å². The lowest BCUT2D eigenvalue weighted by molar-refractivity contribution is -0.174. The lowest BCUT2D eigenvalue weighted by atomic mass is 10.1. The number of nitrogens with one attached hydrogen (secondary N) is 1. The molecule has 1 atom stereocenters. The Labute approximate surface area is 82.9 Å². The van der Waals surface area contributed by atoms with Crippen molar-refractivity contribution in [1.29, 1.82) is 0 Å². The molecule has 0 aliphatic carbocycles. The highest BCUT2D eigenvalue weighted by atomic mass is 19.4. The molecule has 0 radical (unpaired) electrons. The second-order valence-corrected chi connectivity index (χ2v) is 3.00. The number of carbonyl (C=O) groups excluding carboxylic acids is 1. The highest BCUT2D eigenvalue weighted by Crippen LogP contribution is 2.15. The molecule has 1 unspecified atom stereocenters. The van der Waals surface area contributed by atoms with E-state index in [4.69, 9.17) is 0 Å². The van der Waals surface area contributed by atoms with E-state index >= 15 is 0 Å². The van der Waals surface area contributed by atoms with Crippen LogP contribution >= 0.6 is 0 Å². The minimum absolute atomic E-state index is 0.00343. The van der Waals surface area contributed by atoms with E-state index in [1.165, 1.54) is 6.92 Å². The fourth-order valence-electron chi connectivity index (χ4n) is 0.455. The van der Waals surface area contributed by atoms with Crippen LogP contribution in [0.1, 0.15) is 34.6 Å². The second kappa shape index (κ2) is 6.68. The minimum atomic E-state index is -4.77. The molecular weight excluding hydrogens is 195 g/mol. The molecule has 5 heteroatoms. The summed E-state index contributed by atoms with van der Waals surface area (Å²) in [7, 11) is 0. The normalized spacial score (nSPS) is 12.9. The van der Waals surface area contributed by atoms with Gasteiger partial charge in [0.25, 0.3) is 0 Å². The maximum Gasteiger partial charge on any atom is 0.471 e. The van der Waals surface area contributed by atoms with Crippen LogP contribution in [0.3, 0.4) is 0 Å². The van der Waals surface area contributed by atoms with Crippen molar-refractivity contribution in [2.24, 2.45) is 5.92 Å². The number of hydrogen-bond donors (Lipinski definition) is 1. The summed E-state index contributed by atoms with van der Waals surface area (Å²) in [4.78, 5) is 10.3. The van der Waals surface area contributed by atoms with E-state index in [0.29, 0.717) is 0 Å². The third-order valence-electron chi connectivity index (χ3n) is 1.62. The molecule has 0 spiro atoms. The van der Waals surface area contributed by atoms with E-state index in [2.05, 4.69) is 0 Å². The molecule has 86 valence electrons. The zero-order chi connectivity index (χ0) is 11.9. The first-order chi connectivity index (χ1) is 6.25. The van der Waals surface area contributed by atoms with Gasteiger partial charge < -0.3 is 5.32 Å². The molecule has 14 heavy (non-hydrogen) atoms. The molecule has 0 aromatic rings. The molecule has 0 saturated carbocycles. The Morgan fingerprint density at radius 2 is 1.50 bits per heavy atom. The van der Waals surface area contributed by atoms with Crippen LogP contribution in [0.2, 0.25) is 0 Å². The van der Waals surface area contributed by atoms with Crippen molar-refractivity contribution in [1.82, 2.24) is 5.32 Å². The number of alkyl halides is 3. The molecular formula is C9H18F3NO. The Kier molecular flexibility index (Phi) is 7.50. The SMILES string of the molecule is CC.CC(C)C(C)NC(=O)C(F)(F)F. The van der Waals surface area contributed by atoms with Crippen LogP contribution in [-0.4, -0.2) is 18.1 Å². The van der Waals surface area contributed by atoms with Gasteiger partial charge in [-0.1, -0.05) is 27.7 Å². The summed E-state index contributed by atoms with van der Waals surface area (Å²) >= 11 is 0. The number of halogens is 3. The molecule has 0 rings (SSSR count). The third-order valence-corrected chi connectivity index (χ3v) is 1.62. The van der Waals surface area contributed by atoms with Crippen molar-refractivity contribution in [2.75, 3.05) is 0 Å². The fourth-order valence-corrected chi connectivity index (χ4v) is 0.455. The van der Waals surface area contributed by atoms with Crippen molar-refractivity contribution in [3.05, 3.63) is 0 Å². The maximum absolute atomic E-state index is 11.7. The average molecular weight is 213 g/mol. The number of amides is 1. The first kappa shape index (κ1) is 15.7. The number of hydrogen-bond acceptors (Lipinski definition) is 1. The molecule has 1 N–H and O–H groups in total. The predicted molar refractivity (Wildman–Crippen MR) is 49.8 cm³/mol. The summed E-state index contributed by atoms with van der Waals surface area (Å²) in [6.45, 7) is 9.01. The van der Waals surface area contributed by atoms with Crippen molar-refractivity contribution in [3.63, 3.8) is 0 Å². The van der Waals surface area contributed by atoms with Crippen molar-refractivity contribution < 1.29 is 18.0 Å². The summed E-state index contributed by atoms with van der Waals surface area (Å²) in [6, 6.07) is -0.459. The van der Waals surface area contributed by atoms with Crippen molar-refractivity contribution in [3.8, 4) is 0 Å². The zero-order valence-electron chi connectivity index (χ0n) is 9.20. The molecule has 0 aromatic heterocycles. The molecule has 2 nitrogen and oxygen atoms in total. The van der Waals surface area contributed by atoms with Gasteiger partial charge in [0, 0.05) is 6.04 Å². The van der Waals surface area contributed by atoms with Gasteiger partial charge in [-0.05, 0) is 12.8 Å². The lowest BCUT2D eigenvalue weighted by Crippen LogP contribution is -2.43. The van der Waals surface area contributed by atoms with Crippen molar-refractivity contribution in [2.45, 2.75) is 46.8 Å².